The zero-order valence-corrected chi connectivity index (χ0v) is 6.54. The van der Waals surface area contributed by atoms with Crippen LogP contribution in [0, 0.1) is 0 Å². The number of aromatic amines is 1. The van der Waals surface area contributed by atoms with Crippen molar-refractivity contribution in [2.45, 2.75) is 0 Å². The highest BCUT2D eigenvalue weighted by Crippen LogP contribution is 1.71. The standard InChI is InChI=1S/C9H9NO2/c1-3-4-5-6-8-7(2)12-9(11)10-8/h3-6H,1-2H2,(H,10,11)/b5-4-,8-6+. The molecule has 0 saturated carbocycles. The molecule has 0 aliphatic rings. The van der Waals surface area contributed by atoms with Crippen molar-refractivity contribution in [2.75, 3.05) is 0 Å². The van der Waals surface area contributed by atoms with Crippen LogP contribution in [-0.4, -0.2) is 4.98 Å². The summed E-state index contributed by atoms with van der Waals surface area (Å²) < 4.78 is 4.63. The average molecular weight is 163 g/mol. The molecule has 12 heavy (non-hydrogen) atoms. The second kappa shape index (κ2) is 3.57. The molecule has 0 radical (unpaired) electrons. The fraction of sp³-hybridized carbons (Fsp3) is 0. The van der Waals surface area contributed by atoms with E-state index < -0.39 is 5.76 Å². The van der Waals surface area contributed by atoms with Gasteiger partial charge in [-0.3, -0.25) is 4.98 Å². The molecule has 0 aliphatic heterocycles. The number of allylic oxidation sites excluding steroid dienone is 3. The summed E-state index contributed by atoms with van der Waals surface area (Å²) in [5.74, 6) is -0.488. The van der Waals surface area contributed by atoms with Crippen LogP contribution in [0.3, 0.4) is 0 Å². The zero-order chi connectivity index (χ0) is 8.97. The van der Waals surface area contributed by atoms with Gasteiger partial charge in [0.25, 0.3) is 0 Å². The molecular formula is C9H9NO2. The molecule has 0 spiro atoms. The minimum absolute atomic E-state index is 0.341. The van der Waals surface area contributed by atoms with Crippen molar-refractivity contribution in [1.29, 1.82) is 0 Å². The quantitative estimate of drug-likeness (QED) is 0.619. The molecule has 0 aromatic carbocycles. The van der Waals surface area contributed by atoms with Crippen molar-refractivity contribution in [1.82, 2.24) is 4.98 Å². The Labute approximate surface area is 69.0 Å². The second-order valence-electron chi connectivity index (χ2n) is 2.14. The number of nitrogens with one attached hydrogen (secondary N) is 1. The van der Waals surface area contributed by atoms with Crippen LogP contribution in [0.4, 0.5) is 0 Å². The first kappa shape index (κ1) is 8.33. The highest BCUT2D eigenvalue weighted by Gasteiger charge is 1.87. The number of oxazole rings is 1. The third-order valence-corrected chi connectivity index (χ3v) is 1.26. The minimum atomic E-state index is -0.488. The summed E-state index contributed by atoms with van der Waals surface area (Å²) in [5.41, 5.74) is 0.341. The number of H-pyrrole nitrogens is 1. The van der Waals surface area contributed by atoms with Gasteiger partial charge in [-0.25, -0.2) is 4.79 Å². The van der Waals surface area contributed by atoms with Gasteiger partial charge < -0.3 is 4.42 Å². The lowest BCUT2D eigenvalue weighted by molar-refractivity contribution is 0.487. The van der Waals surface area contributed by atoms with Gasteiger partial charge in [-0.1, -0.05) is 31.4 Å². The topological polar surface area (TPSA) is 46.0 Å². The maximum atomic E-state index is 10.6. The highest BCUT2D eigenvalue weighted by molar-refractivity contribution is 5.35. The first-order valence-electron chi connectivity index (χ1n) is 3.41. The van der Waals surface area contributed by atoms with Crippen LogP contribution in [0.1, 0.15) is 0 Å². The van der Waals surface area contributed by atoms with Gasteiger partial charge in [0.1, 0.15) is 5.42 Å². The van der Waals surface area contributed by atoms with Crippen LogP contribution in [0.5, 0.6) is 0 Å². The van der Waals surface area contributed by atoms with Crippen molar-refractivity contribution >= 4 is 12.7 Å². The van der Waals surface area contributed by atoms with E-state index in [0.717, 1.165) is 0 Å². The number of hydrogen-bond donors (Lipinski definition) is 1. The molecule has 3 heteroatoms. The molecule has 3 nitrogen and oxygen atoms in total. The molecule has 0 saturated heterocycles. The van der Waals surface area contributed by atoms with Gasteiger partial charge in [0.2, 0.25) is 0 Å². The molecule has 1 aromatic heterocycles. The van der Waals surface area contributed by atoms with Crippen molar-refractivity contribution in [2.24, 2.45) is 0 Å². The van der Waals surface area contributed by atoms with Gasteiger partial charge in [0, 0.05) is 0 Å². The Morgan fingerprint density at radius 2 is 2.17 bits per heavy atom. The zero-order valence-electron chi connectivity index (χ0n) is 6.54. The van der Waals surface area contributed by atoms with Gasteiger partial charge >= 0.3 is 5.76 Å². The molecule has 0 fully saturated rings. The molecule has 0 unspecified atom stereocenters. The number of aromatic nitrogens is 1. The SMILES string of the molecule is C=C/C=C\C=c1\[nH]c(=O)oc1=C. The van der Waals surface area contributed by atoms with Crippen LogP contribution in [0.2, 0.25) is 0 Å². The monoisotopic (exact) mass is 163 g/mol. The van der Waals surface area contributed by atoms with Gasteiger partial charge in [0.05, 0.1) is 5.35 Å². The van der Waals surface area contributed by atoms with E-state index in [1.54, 1.807) is 24.3 Å². The number of rotatable bonds is 2. The Kier molecular flexibility index (Phi) is 2.48. The van der Waals surface area contributed by atoms with Crippen LogP contribution in [-0.2, 0) is 0 Å². The van der Waals surface area contributed by atoms with E-state index >= 15 is 0 Å². The number of hydrogen-bond acceptors (Lipinski definition) is 2. The molecule has 0 bridgehead atoms. The summed E-state index contributed by atoms with van der Waals surface area (Å²) in [6.07, 6.45) is 6.81. The van der Waals surface area contributed by atoms with Gasteiger partial charge in [-0.05, 0) is 6.08 Å². The van der Waals surface area contributed by atoms with E-state index in [1.807, 2.05) is 0 Å². The largest absolute Gasteiger partial charge is 0.417 e. The molecule has 1 N–H and O–H groups in total. The normalized spacial score (nSPS) is 12.5. The Hall–Kier alpha value is -1.77. The van der Waals surface area contributed by atoms with E-state index in [-0.39, 0.29) is 0 Å². The summed E-state index contributed by atoms with van der Waals surface area (Å²) in [6, 6.07) is 0. The van der Waals surface area contributed by atoms with E-state index in [1.165, 1.54) is 0 Å². The van der Waals surface area contributed by atoms with Crippen LogP contribution in [0.15, 0.2) is 34.0 Å². The first-order chi connectivity index (χ1) is 5.74. The smallest absolute Gasteiger partial charge is 0.409 e. The summed E-state index contributed by atoms with van der Waals surface area (Å²) in [5, 5.41) is 0.582. The fourth-order valence-corrected chi connectivity index (χ4v) is 0.737. The third-order valence-electron chi connectivity index (χ3n) is 1.26. The predicted octanol–water partition coefficient (Wildman–Crippen LogP) is -0.0991. The van der Waals surface area contributed by atoms with Gasteiger partial charge in [-0.15, -0.1) is 0 Å². The van der Waals surface area contributed by atoms with Crippen molar-refractivity contribution in [3.05, 3.63) is 46.1 Å². The Bertz CT molecular complexity index is 448. The lowest BCUT2D eigenvalue weighted by Gasteiger charge is -1.70. The van der Waals surface area contributed by atoms with E-state index in [0.29, 0.717) is 10.8 Å². The first-order valence-corrected chi connectivity index (χ1v) is 3.41. The van der Waals surface area contributed by atoms with E-state index in [9.17, 15) is 4.79 Å². The predicted molar refractivity (Wildman–Crippen MR) is 47.9 cm³/mol. The lowest BCUT2D eigenvalue weighted by Crippen LogP contribution is -2.20. The Morgan fingerprint density at radius 3 is 2.67 bits per heavy atom. The third kappa shape index (κ3) is 1.85. The highest BCUT2D eigenvalue weighted by atomic mass is 16.4. The molecule has 1 rings (SSSR count). The molecule has 1 heterocycles. The molecule has 0 atom stereocenters. The molecular weight excluding hydrogens is 154 g/mol. The van der Waals surface area contributed by atoms with Crippen LogP contribution < -0.4 is 16.5 Å². The lowest BCUT2D eigenvalue weighted by atomic mass is 10.4. The van der Waals surface area contributed by atoms with Gasteiger partial charge in [-0.2, -0.15) is 0 Å². The van der Waals surface area contributed by atoms with E-state index in [2.05, 4.69) is 22.6 Å². The van der Waals surface area contributed by atoms with Crippen molar-refractivity contribution in [3.63, 3.8) is 0 Å². The van der Waals surface area contributed by atoms with E-state index in [4.69, 9.17) is 0 Å². The molecule has 0 amide bonds. The molecule has 1 aromatic rings. The van der Waals surface area contributed by atoms with Gasteiger partial charge in [0.15, 0.2) is 0 Å². The summed E-state index contributed by atoms with van der Waals surface area (Å²) in [6.45, 7) is 7.03. The molecule has 62 valence electrons. The average Bonchev–Trinajstić information content (AvgIpc) is 2.31. The minimum Gasteiger partial charge on any atom is -0.409 e. The maximum Gasteiger partial charge on any atom is 0.417 e. The van der Waals surface area contributed by atoms with Crippen molar-refractivity contribution in [3.8, 4) is 0 Å². The van der Waals surface area contributed by atoms with Crippen molar-refractivity contribution < 1.29 is 4.42 Å². The Morgan fingerprint density at radius 1 is 1.42 bits per heavy atom. The summed E-state index contributed by atoms with van der Waals surface area (Å²) in [4.78, 5) is 13.1. The summed E-state index contributed by atoms with van der Waals surface area (Å²) >= 11 is 0. The van der Waals surface area contributed by atoms with Crippen LogP contribution in [0.25, 0.3) is 12.7 Å². The van der Waals surface area contributed by atoms with Crippen LogP contribution >= 0.6 is 0 Å². The summed E-state index contributed by atoms with van der Waals surface area (Å²) in [7, 11) is 0. The second-order valence-corrected chi connectivity index (χ2v) is 2.14. The Balaban J connectivity index is 3.18. The fourth-order valence-electron chi connectivity index (χ4n) is 0.737. The molecule has 0 aliphatic carbocycles. The maximum absolute atomic E-state index is 10.6.